The third-order valence-corrected chi connectivity index (χ3v) is 26.3. The number of rotatable bonds is 3. The van der Waals surface area contributed by atoms with Gasteiger partial charge < -0.3 is 24.8 Å². The zero-order valence-electron chi connectivity index (χ0n) is 34.1. The minimum atomic E-state index is -2.59. The molecular formula is C49H62Cl2Zr. The SMILES string of the molecule is CC1=CC(C)(C23CC4CC(CC(C4)C2)C3)C=[C]1[Zr+2](=[C](C)C)[C]1(C)c2c3c(c4ccccc4c2C(C)C(C)C1C)-c1cc(C)c(C)c(C)c1C3C.[Cl-].[Cl-]. The molecule has 7 aliphatic rings. The van der Waals surface area contributed by atoms with E-state index in [1.54, 1.807) is 36.6 Å². The summed E-state index contributed by atoms with van der Waals surface area (Å²) < 4.78 is 3.81. The van der Waals surface area contributed by atoms with Crippen LogP contribution in [0.1, 0.15) is 152 Å². The Balaban J connectivity index is 0.00000210. The summed E-state index contributed by atoms with van der Waals surface area (Å²) in [6.07, 6.45) is 14.8. The molecule has 0 nitrogen and oxygen atoms in total. The quantitative estimate of drug-likeness (QED) is 0.259. The number of benzene rings is 3. The molecular weight excluding hydrogens is 751 g/mol. The Labute approximate surface area is 336 Å². The summed E-state index contributed by atoms with van der Waals surface area (Å²) in [5.74, 6) is 5.18. The monoisotopic (exact) mass is 810 g/mol. The molecule has 3 heteroatoms. The van der Waals surface area contributed by atoms with Gasteiger partial charge in [0.05, 0.1) is 0 Å². The Bertz CT molecular complexity index is 2070. The van der Waals surface area contributed by atoms with Crippen LogP contribution in [0.4, 0.5) is 0 Å². The molecule has 0 radical (unpaired) electrons. The van der Waals surface area contributed by atoms with Crippen LogP contribution >= 0.6 is 0 Å². The van der Waals surface area contributed by atoms with Gasteiger partial charge in [-0.15, -0.1) is 0 Å². The van der Waals surface area contributed by atoms with Crippen LogP contribution in [-0.4, -0.2) is 3.21 Å². The van der Waals surface area contributed by atoms with Crippen molar-refractivity contribution < 1.29 is 46.1 Å². The van der Waals surface area contributed by atoms with E-state index < -0.39 is 21.3 Å². The summed E-state index contributed by atoms with van der Waals surface area (Å²) in [6.45, 7) is 30.8. The maximum Gasteiger partial charge on any atom is -1.00 e. The van der Waals surface area contributed by atoms with E-state index >= 15 is 0 Å². The molecule has 4 bridgehead atoms. The Morgan fingerprint density at radius 3 is 1.88 bits per heavy atom. The van der Waals surface area contributed by atoms with Gasteiger partial charge in [0, 0.05) is 0 Å². The molecule has 4 fully saturated rings. The summed E-state index contributed by atoms with van der Waals surface area (Å²) in [7, 11) is 0. The Morgan fingerprint density at radius 1 is 0.731 bits per heavy atom. The minimum absolute atomic E-state index is 0. The summed E-state index contributed by atoms with van der Waals surface area (Å²) in [4.78, 5) is 0. The van der Waals surface area contributed by atoms with Crippen molar-refractivity contribution in [2.24, 2.45) is 40.4 Å². The summed E-state index contributed by atoms with van der Waals surface area (Å²) in [5, 5.41) is 3.04. The van der Waals surface area contributed by atoms with E-state index in [4.69, 9.17) is 0 Å². The van der Waals surface area contributed by atoms with Gasteiger partial charge >= 0.3 is 314 Å². The Morgan fingerprint density at radius 2 is 1.31 bits per heavy atom. The van der Waals surface area contributed by atoms with E-state index in [-0.39, 0.29) is 33.4 Å². The standard InChI is InChI=1S/C29H33.C17H23.C3H6.2ClH.Zr/c1-14-13-24-25(18(5)15(14)2)21(8)28-27-20(7)17(4)16(3)19(6)26(27)22-11-9-10-12-23(22)29(24)28;1-12-3-4-16(2,8-12)17-9-13-5-14(10-17)7-15(6-13)11-17;1-3-2;;;/h9-13,16-17,19,21H,1-8H3;4,8,13-15H,5-7,9-11H2,1-2H3;1-2H3;2*1H;/q;;;;;+2/p-2. The molecule has 0 aromatic heterocycles. The molecule has 0 amide bonds. The van der Waals surface area contributed by atoms with E-state index in [0.29, 0.717) is 29.1 Å². The van der Waals surface area contributed by atoms with Gasteiger partial charge in [-0.1, -0.05) is 0 Å². The molecule has 6 atom stereocenters. The van der Waals surface area contributed by atoms with Crippen molar-refractivity contribution >= 4 is 14.0 Å². The van der Waals surface area contributed by atoms with Crippen molar-refractivity contribution in [3.63, 3.8) is 0 Å². The fourth-order valence-electron chi connectivity index (χ4n) is 14.5. The Hall–Kier alpha value is -1.27. The first kappa shape index (κ1) is 39.0. The first-order chi connectivity index (χ1) is 23.6. The third-order valence-electron chi connectivity index (χ3n) is 17.0. The number of hydrogen-bond donors (Lipinski definition) is 0. The number of halogens is 2. The van der Waals surface area contributed by atoms with Crippen LogP contribution in [-0.2, 0) is 24.4 Å². The third kappa shape index (κ3) is 4.95. The average Bonchev–Trinajstić information content (AvgIpc) is 3.53. The van der Waals surface area contributed by atoms with Gasteiger partial charge in [-0.3, -0.25) is 0 Å². The van der Waals surface area contributed by atoms with E-state index in [2.05, 4.69) is 126 Å². The second kappa shape index (κ2) is 12.9. The van der Waals surface area contributed by atoms with Crippen molar-refractivity contribution in [2.45, 2.75) is 137 Å². The molecule has 3 aromatic carbocycles. The minimum Gasteiger partial charge on any atom is -1.00 e. The van der Waals surface area contributed by atoms with Crippen LogP contribution in [0.2, 0.25) is 0 Å². The van der Waals surface area contributed by atoms with Crippen LogP contribution < -0.4 is 24.8 Å². The molecule has 276 valence electrons. The predicted molar refractivity (Wildman–Crippen MR) is 212 cm³/mol. The maximum atomic E-state index is 2.98. The number of allylic oxidation sites excluding steroid dienone is 4. The van der Waals surface area contributed by atoms with Crippen molar-refractivity contribution in [1.82, 2.24) is 0 Å². The fourth-order valence-corrected chi connectivity index (χ4v) is 25.0. The normalized spacial score (nSPS) is 36.2. The van der Waals surface area contributed by atoms with Gasteiger partial charge in [-0.2, -0.15) is 0 Å². The zero-order valence-corrected chi connectivity index (χ0v) is 38.1. The molecule has 0 saturated heterocycles. The molecule has 3 aromatic rings. The van der Waals surface area contributed by atoms with Gasteiger partial charge in [0.1, 0.15) is 0 Å². The van der Waals surface area contributed by atoms with Gasteiger partial charge in [0.25, 0.3) is 0 Å². The summed E-state index contributed by atoms with van der Waals surface area (Å²) in [6, 6.07) is 12.2. The first-order valence-electron chi connectivity index (χ1n) is 20.4. The van der Waals surface area contributed by atoms with Gasteiger partial charge in [0.2, 0.25) is 0 Å². The van der Waals surface area contributed by atoms with Crippen LogP contribution in [0.15, 0.2) is 51.3 Å². The van der Waals surface area contributed by atoms with Crippen molar-refractivity contribution in [1.29, 1.82) is 0 Å². The van der Waals surface area contributed by atoms with Crippen LogP contribution in [0.3, 0.4) is 0 Å². The number of fused-ring (bicyclic) bond motifs is 8. The van der Waals surface area contributed by atoms with Gasteiger partial charge in [-0.25, -0.2) is 0 Å². The predicted octanol–water partition coefficient (Wildman–Crippen LogP) is 7.41. The van der Waals surface area contributed by atoms with Crippen molar-refractivity contribution in [3.8, 4) is 11.1 Å². The van der Waals surface area contributed by atoms with Crippen molar-refractivity contribution in [3.05, 3.63) is 90.3 Å². The van der Waals surface area contributed by atoms with Crippen LogP contribution in [0, 0.1) is 61.2 Å². The largest absolute Gasteiger partial charge is 1.00 e. The van der Waals surface area contributed by atoms with Gasteiger partial charge in [0.15, 0.2) is 0 Å². The summed E-state index contributed by atoms with van der Waals surface area (Å²) >= 11 is -2.59. The zero-order chi connectivity index (χ0) is 35.4. The first-order valence-corrected chi connectivity index (χ1v) is 24.1. The number of hydrogen-bond acceptors (Lipinski definition) is 0. The summed E-state index contributed by atoms with van der Waals surface area (Å²) in [5.41, 5.74) is 16.7. The van der Waals surface area contributed by atoms with Crippen LogP contribution in [0.5, 0.6) is 0 Å². The van der Waals surface area contributed by atoms with Crippen molar-refractivity contribution in [2.75, 3.05) is 0 Å². The smallest absolute Gasteiger partial charge is 1.00 e. The molecule has 6 unspecified atom stereocenters. The van der Waals surface area contributed by atoms with E-state index in [0.717, 1.165) is 17.8 Å². The molecule has 0 N–H and O–H groups in total. The second-order valence-electron chi connectivity index (χ2n) is 19.6. The molecule has 0 spiro atoms. The topological polar surface area (TPSA) is 0 Å². The molecule has 7 aliphatic carbocycles. The maximum absolute atomic E-state index is 2.98. The molecule has 10 rings (SSSR count). The number of aryl methyl sites for hydroxylation is 1. The molecule has 4 saturated carbocycles. The Kier molecular flexibility index (Phi) is 9.66. The van der Waals surface area contributed by atoms with Crippen LogP contribution in [0.25, 0.3) is 21.9 Å². The average molecular weight is 813 g/mol. The molecule has 0 heterocycles. The van der Waals surface area contributed by atoms with E-state index in [1.807, 2.05) is 3.28 Å². The fraction of sp³-hybridized carbons (Fsp3) is 0.571. The van der Waals surface area contributed by atoms with E-state index in [1.165, 1.54) is 71.6 Å². The van der Waals surface area contributed by atoms with Gasteiger partial charge in [-0.05, 0) is 0 Å². The second-order valence-corrected chi connectivity index (χ2v) is 27.8. The van der Waals surface area contributed by atoms with E-state index in [9.17, 15) is 0 Å². The molecule has 52 heavy (non-hydrogen) atoms. The molecule has 0 aliphatic heterocycles.